The number of hydrogen-bond donors (Lipinski definition) is 1. The molecule has 1 atom stereocenters. The Morgan fingerprint density at radius 3 is 1.44 bits per heavy atom. The maximum atomic E-state index is 11.7. The molecule has 0 radical (unpaired) electrons. The van der Waals surface area contributed by atoms with Crippen LogP contribution in [0.1, 0.15) is 168 Å². The normalized spacial score (nSPS) is 12.3. The first-order valence-corrected chi connectivity index (χ1v) is 15.6. The van der Waals surface area contributed by atoms with Crippen molar-refractivity contribution in [3.63, 3.8) is 0 Å². The highest BCUT2D eigenvalue weighted by molar-refractivity contribution is 5.78. The van der Waals surface area contributed by atoms with Crippen LogP contribution < -0.4 is 0 Å². The largest absolute Gasteiger partial charge is 0.481 e. The van der Waals surface area contributed by atoms with Crippen molar-refractivity contribution in [1.82, 2.24) is 0 Å². The highest BCUT2D eigenvalue weighted by atomic mass is 16.5. The van der Waals surface area contributed by atoms with Crippen molar-refractivity contribution >= 4 is 11.9 Å². The Labute approximate surface area is 224 Å². The van der Waals surface area contributed by atoms with E-state index in [0.717, 1.165) is 19.3 Å². The quantitative estimate of drug-likeness (QED) is 0.0648. The van der Waals surface area contributed by atoms with Gasteiger partial charge in [0.05, 0.1) is 18.9 Å². The van der Waals surface area contributed by atoms with Crippen LogP contribution >= 0.6 is 0 Å². The summed E-state index contributed by atoms with van der Waals surface area (Å²) in [5.41, 5.74) is 0. The van der Waals surface area contributed by atoms with Gasteiger partial charge >= 0.3 is 11.9 Å². The number of carboxylic acids is 1. The second-order valence-electron chi connectivity index (χ2n) is 10.7. The molecule has 0 rings (SSSR count). The molecular formula is C32H60O4. The molecular weight excluding hydrogens is 448 g/mol. The molecule has 212 valence electrons. The molecule has 36 heavy (non-hydrogen) atoms. The zero-order valence-electron chi connectivity index (χ0n) is 24.1. The number of allylic oxidation sites excluding steroid dienone is 2. The lowest BCUT2D eigenvalue weighted by Crippen LogP contribution is -2.19. The molecule has 0 fully saturated rings. The average molecular weight is 509 g/mol. The van der Waals surface area contributed by atoms with Gasteiger partial charge in [-0.3, -0.25) is 9.59 Å². The van der Waals surface area contributed by atoms with Gasteiger partial charge in [0.25, 0.3) is 0 Å². The van der Waals surface area contributed by atoms with Crippen LogP contribution in [0.2, 0.25) is 0 Å². The zero-order valence-corrected chi connectivity index (χ0v) is 24.1. The summed E-state index contributed by atoms with van der Waals surface area (Å²) in [6.07, 6.45) is 33.6. The first kappa shape index (κ1) is 34.7. The molecule has 0 spiro atoms. The molecule has 0 aliphatic rings. The van der Waals surface area contributed by atoms with Gasteiger partial charge in [-0.25, -0.2) is 0 Å². The molecule has 1 N–H and O–H groups in total. The Morgan fingerprint density at radius 1 is 0.611 bits per heavy atom. The maximum Gasteiger partial charge on any atom is 0.307 e. The van der Waals surface area contributed by atoms with Crippen molar-refractivity contribution in [3.8, 4) is 0 Å². The first-order valence-electron chi connectivity index (χ1n) is 15.6. The smallest absolute Gasteiger partial charge is 0.307 e. The molecule has 0 bridgehead atoms. The van der Waals surface area contributed by atoms with E-state index in [9.17, 15) is 14.7 Å². The molecule has 0 amide bonds. The third-order valence-corrected chi connectivity index (χ3v) is 7.04. The van der Waals surface area contributed by atoms with E-state index in [1.165, 1.54) is 122 Å². The van der Waals surface area contributed by atoms with Gasteiger partial charge in [0.15, 0.2) is 0 Å². The van der Waals surface area contributed by atoms with E-state index >= 15 is 0 Å². The number of hydrogen-bond acceptors (Lipinski definition) is 3. The number of carbonyl (C=O) groups excluding carboxylic acids is 1. The number of aliphatic carboxylic acids is 1. The molecule has 0 saturated carbocycles. The molecule has 0 aromatic carbocycles. The minimum absolute atomic E-state index is 0.00594. The Morgan fingerprint density at radius 2 is 1.03 bits per heavy atom. The number of ether oxygens (including phenoxy) is 1. The average Bonchev–Trinajstić information content (AvgIpc) is 2.87. The molecule has 0 aliphatic carbocycles. The minimum atomic E-state index is -0.876. The van der Waals surface area contributed by atoms with Crippen molar-refractivity contribution in [3.05, 3.63) is 12.2 Å². The lowest BCUT2D eigenvalue weighted by Gasteiger charge is -2.11. The summed E-state index contributed by atoms with van der Waals surface area (Å²) in [6.45, 7) is 4.58. The van der Waals surface area contributed by atoms with Crippen LogP contribution in [0, 0.1) is 5.92 Å². The van der Waals surface area contributed by atoms with Gasteiger partial charge in [0.2, 0.25) is 0 Å². The summed E-state index contributed by atoms with van der Waals surface area (Å²) in [7, 11) is 0. The Hall–Kier alpha value is -1.32. The van der Waals surface area contributed by atoms with Crippen LogP contribution in [0.3, 0.4) is 0 Å². The molecule has 1 unspecified atom stereocenters. The minimum Gasteiger partial charge on any atom is -0.481 e. The van der Waals surface area contributed by atoms with Crippen molar-refractivity contribution in [1.29, 1.82) is 0 Å². The van der Waals surface area contributed by atoms with E-state index < -0.39 is 11.9 Å². The van der Waals surface area contributed by atoms with Crippen LogP contribution in [-0.2, 0) is 14.3 Å². The van der Waals surface area contributed by atoms with Gasteiger partial charge in [0, 0.05) is 0 Å². The van der Waals surface area contributed by atoms with Crippen molar-refractivity contribution in [2.24, 2.45) is 5.92 Å². The van der Waals surface area contributed by atoms with Crippen LogP contribution in [0.15, 0.2) is 12.2 Å². The molecule has 4 nitrogen and oxygen atoms in total. The molecule has 0 aliphatic heterocycles. The van der Waals surface area contributed by atoms with Gasteiger partial charge in [-0.15, -0.1) is 0 Å². The van der Waals surface area contributed by atoms with Gasteiger partial charge < -0.3 is 9.84 Å². The molecule has 0 aromatic rings. The van der Waals surface area contributed by atoms with E-state index in [1.54, 1.807) is 0 Å². The van der Waals surface area contributed by atoms with Gasteiger partial charge in [-0.1, -0.05) is 135 Å². The first-order chi connectivity index (χ1) is 17.6. The maximum absolute atomic E-state index is 11.7. The van der Waals surface area contributed by atoms with Gasteiger partial charge in [-0.05, 0) is 38.5 Å². The predicted octanol–water partition coefficient (Wildman–Crippen LogP) is 10.2. The highest BCUT2D eigenvalue weighted by Crippen LogP contribution is 2.18. The Kier molecular flexibility index (Phi) is 27.2. The fourth-order valence-corrected chi connectivity index (χ4v) is 4.66. The third-order valence-electron chi connectivity index (χ3n) is 7.04. The van der Waals surface area contributed by atoms with Crippen LogP contribution in [0.25, 0.3) is 0 Å². The molecule has 4 heteroatoms. The summed E-state index contributed by atoms with van der Waals surface area (Å²) in [6, 6.07) is 0. The zero-order chi connectivity index (χ0) is 26.5. The summed E-state index contributed by atoms with van der Waals surface area (Å²) < 4.78 is 5.02. The van der Waals surface area contributed by atoms with E-state index in [1.807, 2.05) is 6.92 Å². The van der Waals surface area contributed by atoms with Crippen molar-refractivity contribution < 1.29 is 19.4 Å². The number of rotatable bonds is 28. The van der Waals surface area contributed by atoms with E-state index in [-0.39, 0.29) is 12.4 Å². The number of unbranched alkanes of at least 4 members (excludes halogenated alkanes) is 19. The van der Waals surface area contributed by atoms with E-state index in [4.69, 9.17) is 4.74 Å². The topological polar surface area (TPSA) is 63.6 Å². The lowest BCUT2D eigenvalue weighted by atomic mass is 9.97. The fraction of sp³-hybridized carbons (Fsp3) is 0.875. The number of esters is 1. The van der Waals surface area contributed by atoms with Crippen molar-refractivity contribution in [2.45, 2.75) is 168 Å². The fourth-order valence-electron chi connectivity index (χ4n) is 4.66. The van der Waals surface area contributed by atoms with Crippen LogP contribution in [-0.4, -0.2) is 23.7 Å². The monoisotopic (exact) mass is 508 g/mol. The SMILES string of the molecule is CCCCCCC/C=C/CCCCCCCCCCCCCCCCC(CC(=O)OCCC)C(=O)O. The van der Waals surface area contributed by atoms with Crippen molar-refractivity contribution in [2.75, 3.05) is 6.61 Å². The molecule has 0 aromatic heterocycles. The molecule has 0 saturated heterocycles. The standard InChI is InChI=1S/C32H60O4/c1-3-5-6-7-8-9-10-11-12-13-14-15-16-17-18-19-20-21-22-23-24-25-26-27-30(32(34)35)29-31(33)36-28-4-2/h10-11,30H,3-9,12-29H2,1-2H3,(H,34,35)/b11-10+. The second-order valence-corrected chi connectivity index (χ2v) is 10.7. The Balaban J connectivity index is 3.35. The van der Waals surface area contributed by atoms with Crippen LogP contribution in [0.5, 0.6) is 0 Å². The second kappa shape index (κ2) is 28.3. The number of carbonyl (C=O) groups is 2. The predicted molar refractivity (Wildman–Crippen MR) is 153 cm³/mol. The third kappa shape index (κ3) is 25.8. The molecule has 0 heterocycles. The lowest BCUT2D eigenvalue weighted by molar-refractivity contribution is -0.151. The summed E-state index contributed by atoms with van der Waals surface area (Å²) in [5.74, 6) is -1.85. The summed E-state index contributed by atoms with van der Waals surface area (Å²) >= 11 is 0. The number of carboxylic acid groups (broad SMARTS) is 1. The summed E-state index contributed by atoms with van der Waals surface area (Å²) in [4.78, 5) is 23.0. The summed E-state index contributed by atoms with van der Waals surface area (Å²) in [5, 5.41) is 9.31. The Bertz CT molecular complexity index is 514. The van der Waals surface area contributed by atoms with E-state index in [0.29, 0.717) is 13.0 Å². The van der Waals surface area contributed by atoms with Gasteiger partial charge in [-0.2, -0.15) is 0 Å². The van der Waals surface area contributed by atoms with Crippen LogP contribution in [0.4, 0.5) is 0 Å². The highest BCUT2D eigenvalue weighted by Gasteiger charge is 2.21. The van der Waals surface area contributed by atoms with Gasteiger partial charge in [0.1, 0.15) is 0 Å². The van der Waals surface area contributed by atoms with E-state index in [2.05, 4.69) is 19.1 Å².